The van der Waals surface area contributed by atoms with E-state index in [1.807, 2.05) is 54.6 Å². The summed E-state index contributed by atoms with van der Waals surface area (Å²) in [6.07, 6.45) is 0.687. The summed E-state index contributed by atoms with van der Waals surface area (Å²) in [5, 5.41) is 8.46. The molecule has 2 aromatic rings. The highest BCUT2D eigenvalue weighted by Gasteiger charge is 1.99. The molecule has 4 heteroatoms. The predicted molar refractivity (Wildman–Crippen MR) is 79.4 cm³/mol. The van der Waals surface area contributed by atoms with Crippen molar-refractivity contribution in [1.29, 1.82) is 0 Å². The van der Waals surface area contributed by atoms with Gasteiger partial charge in [0, 0.05) is 0 Å². The Morgan fingerprint density at radius 1 is 0.952 bits per heavy atom. The Kier molecular flexibility index (Phi) is 5.79. The molecule has 1 N–H and O–H groups in total. The van der Waals surface area contributed by atoms with Crippen LogP contribution in [0.5, 0.6) is 5.75 Å². The molecule has 0 aliphatic heterocycles. The van der Waals surface area contributed by atoms with Gasteiger partial charge in [0.2, 0.25) is 0 Å². The highest BCUT2D eigenvalue weighted by molar-refractivity contribution is 5.67. The van der Waals surface area contributed by atoms with E-state index < -0.39 is 5.97 Å². The molecule has 0 saturated carbocycles. The number of benzene rings is 2. The van der Waals surface area contributed by atoms with Gasteiger partial charge in [0.25, 0.3) is 0 Å². The molecular weight excluding hydrogens is 268 g/mol. The van der Waals surface area contributed by atoms with Gasteiger partial charge in [-0.25, -0.2) is 4.79 Å². The van der Waals surface area contributed by atoms with Crippen molar-refractivity contribution in [2.45, 2.75) is 13.0 Å². The van der Waals surface area contributed by atoms with Crippen molar-refractivity contribution < 1.29 is 19.4 Å². The van der Waals surface area contributed by atoms with E-state index in [-0.39, 0.29) is 6.61 Å². The molecule has 0 heterocycles. The number of ether oxygens (including phenoxy) is 2. The third-order valence-electron chi connectivity index (χ3n) is 2.93. The molecule has 0 aliphatic rings. The normalized spacial score (nSPS) is 10.3. The topological polar surface area (TPSA) is 55.8 Å². The average Bonchev–Trinajstić information content (AvgIpc) is 2.51. The minimum atomic E-state index is -0.945. The summed E-state index contributed by atoms with van der Waals surface area (Å²) in [4.78, 5) is 10.3. The molecule has 2 aromatic carbocycles. The maximum absolute atomic E-state index is 10.3. The second-order valence-corrected chi connectivity index (χ2v) is 4.61. The molecule has 0 saturated heterocycles. The largest absolute Gasteiger partial charge is 0.489 e. The van der Waals surface area contributed by atoms with Crippen LogP contribution in [-0.2, 0) is 22.6 Å². The number of hydrogen-bond acceptors (Lipinski definition) is 3. The second-order valence-electron chi connectivity index (χ2n) is 4.61. The number of carboxylic acids is 1. The zero-order valence-electron chi connectivity index (χ0n) is 11.7. The van der Waals surface area contributed by atoms with Crippen LogP contribution in [0.3, 0.4) is 0 Å². The Bertz CT molecular complexity index is 549. The number of rotatable bonds is 8. The predicted octanol–water partition coefficient (Wildman–Crippen LogP) is 2.91. The molecule has 110 valence electrons. The Morgan fingerprint density at radius 2 is 1.67 bits per heavy atom. The maximum Gasteiger partial charge on any atom is 0.329 e. The first-order valence-electron chi connectivity index (χ1n) is 6.79. The number of hydrogen-bond donors (Lipinski definition) is 1. The van der Waals surface area contributed by atoms with Gasteiger partial charge in [0.1, 0.15) is 19.0 Å². The summed E-state index contributed by atoms with van der Waals surface area (Å²) in [7, 11) is 0. The highest BCUT2D eigenvalue weighted by atomic mass is 16.5. The van der Waals surface area contributed by atoms with E-state index in [1.165, 1.54) is 0 Å². The van der Waals surface area contributed by atoms with Gasteiger partial charge in [0.15, 0.2) is 0 Å². The van der Waals surface area contributed by atoms with Crippen molar-refractivity contribution in [1.82, 2.24) is 0 Å². The molecule has 0 aliphatic carbocycles. The number of aliphatic carboxylic acids is 1. The summed E-state index contributed by atoms with van der Waals surface area (Å²) in [6.45, 7) is 0.691. The van der Waals surface area contributed by atoms with Gasteiger partial charge >= 0.3 is 5.97 Å². The maximum atomic E-state index is 10.3. The molecule has 21 heavy (non-hydrogen) atoms. The van der Waals surface area contributed by atoms with Crippen molar-refractivity contribution in [2.24, 2.45) is 0 Å². The first kappa shape index (κ1) is 15.1. The lowest BCUT2D eigenvalue weighted by Crippen LogP contribution is -2.09. The van der Waals surface area contributed by atoms with Crippen molar-refractivity contribution in [3.8, 4) is 5.75 Å². The fraction of sp³-hybridized carbons (Fsp3) is 0.235. The lowest BCUT2D eigenvalue weighted by molar-refractivity contribution is -0.142. The van der Waals surface area contributed by atoms with Crippen molar-refractivity contribution >= 4 is 5.97 Å². The Morgan fingerprint density at radius 3 is 2.33 bits per heavy atom. The summed E-state index contributed by atoms with van der Waals surface area (Å²) in [5.41, 5.74) is 2.22. The molecule has 0 unspecified atom stereocenters. The van der Waals surface area contributed by atoms with E-state index >= 15 is 0 Å². The van der Waals surface area contributed by atoms with Crippen molar-refractivity contribution in [3.05, 3.63) is 65.7 Å². The van der Waals surface area contributed by atoms with Gasteiger partial charge < -0.3 is 14.6 Å². The van der Waals surface area contributed by atoms with E-state index in [2.05, 4.69) is 0 Å². The van der Waals surface area contributed by atoms with E-state index in [0.717, 1.165) is 16.9 Å². The van der Waals surface area contributed by atoms with Gasteiger partial charge in [-0.3, -0.25) is 0 Å². The second kappa shape index (κ2) is 8.07. The van der Waals surface area contributed by atoms with E-state index in [1.54, 1.807) is 0 Å². The monoisotopic (exact) mass is 286 g/mol. The fourth-order valence-electron chi connectivity index (χ4n) is 1.84. The van der Waals surface area contributed by atoms with Crippen LogP contribution in [0, 0.1) is 0 Å². The first-order chi connectivity index (χ1) is 10.2. The standard InChI is InChI=1S/C17H18O4/c18-17(19)13-20-11-10-14-6-8-16(9-7-14)21-12-15-4-2-1-3-5-15/h1-9H,10-13H2,(H,18,19). The molecule has 2 rings (SSSR count). The van der Waals surface area contributed by atoms with Crippen LogP contribution in [0.15, 0.2) is 54.6 Å². The molecule has 0 spiro atoms. The van der Waals surface area contributed by atoms with Crippen LogP contribution in [0.4, 0.5) is 0 Å². The van der Waals surface area contributed by atoms with Crippen LogP contribution >= 0.6 is 0 Å². The van der Waals surface area contributed by atoms with E-state index in [0.29, 0.717) is 19.6 Å². The van der Waals surface area contributed by atoms with Gasteiger partial charge in [0.05, 0.1) is 6.61 Å². The third-order valence-corrected chi connectivity index (χ3v) is 2.93. The van der Waals surface area contributed by atoms with Gasteiger partial charge in [-0.2, -0.15) is 0 Å². The van der Waals surface area contributed by atoms with E-state index in [4.69, 9.17) is 14.6 Å². The van der Waals surface area contributed by atoms with Gasteiger partial charge in [-0.1, -0.05) is 42.5 Å². The molecule has 0 bridgehead atoms. The molecular formula is C17H18O4. The lowest BCUT2D eigenvalue weighted by atomic mass is 10.1. The van der Waals surface area contributed by atoms with Crippen molar-refractivity contribution in [3.63, 3.8) is 0 Å². The molecule has 0 fully saturated rings. The Balaban J connectivity index is 1.75. The molecule has 0 atom stereocenters. The smallest absolute Gasteiger partial charge is 0.329 e. The van der Waals surface area contributed by atoms with Gasteiger partial charge in [-0.05, 0) is 29.7 Å². The number of carbonyl (C=O) groups is 1. The van der Waals surface area contributed by atoms with Crippen LogP contribution in [-0.4, -0.2) is 24.3 Å². The van der Waals surface area contributed by atoms with Crippen molar-refractivity contribution in [2.75, 3.05) is 13.2 Å². The zero-order valence-corrected chi connectivity index (χ0v) is 11.7. The zero-order chi connectivity index (χ0) is 14.9. The van der Waals surface area contributed by atoms with Crippen LogP contribution in [0.1, 0.15) is 11.1 Å². The van der Waals surface area contributed by atoms with Gasteiger partial charge in [-0.15, -0.1) is 0 Å². The van der Waals surface area contributed by atoms with Crippen LogP contribution in [0.2, 0.25) is 0 Å². The summed E-state index contributed by atoms with van der Waals surface area (Å²) in [6, 6.07) is 17.7. The SMILES string of the molecule is O=C(O)COCCc1ccc(OCc2ccccc2)cc1. The molecule has 0 radical (unpaired) electrons. The highest BCUT2D eigenvalue weighted by Crippen LogP contribution is 2.14. The van der Waals surface area contributed by atoms with E-state index in [9.17, 15) is 4.79 Å². The summed E-state index contributed by atoms with van der Waals surface area (Å²) in [5.74, 6) is -0.131. The average molecular weight is 286 g/mol. The molecule has 4 nitrogen and oxygen atoms in total. The first-order valence-corrected chi connectivity index (χ1v) is 6.79. The number of carboxylic acid groups (broad SMARTS) is 1. The van der Waals surface area contributed by atoms with Crippen LogP contribution < -0.4 is 4.74 Å². The Labute approximate surface area is 123 Å². The molecule has 0 aromatic heterocycles. The summed E-state index contributed by atoms with van der Waals surface area (Å²) < 4.78 is 10.7. The molecule has 0 amide bonds. The fourth-order valence-corrected chi connectivity index (χ4v) is 1.84. The minimum absolute atomic E-state index is 0.252. The minimum Gasteiger partial charge on any atom is -0.489 e. The lowest BCUT2D eigenvalue weighted by Gasteiger charge is -2.07. The Hall–Kier alpha value is -2.33. The third kappa shape index (κ3) is 5.67. The quantitative estimate of drug-likeness (QED) is 0.758. The van der Waals surface area contributed by atoms with Crippen LogP contribution in [0.25, 0.3) is 0 Å². The summed E-state index contributed by atoms with van der Waals surface area (Å²) >= 11 is 0.